The van der Waals surface area contributed by atoms with Crippen molar-refractivity contribution >= 4 is 28.6 Å². The first-order chi connectivity index (χ1) is 17.0. The zero-order valence-corrected chi connectivity index (χ0v) is 20.0. The predicted octanol–water partition coefficient (Wildman–Crippen LogP) is 3.45. The Morgan fingerprint density at radius 1 is 1.11 bits per heavy atom. The number of aromatic nitrogens is 1. The first-order valence-electron chi connectivity index (χ1n) is 12.6. The number of amides is 3. The molecular formula is C28H30N4O3. The van der Waals surface area contributed by atoms with Crippen LogP contribution in [0.4, 0.5) is 0 Å². The molecule has 1 saturated carbocycles. The van der Waals surface area contributed by atoms with Gasteiger partial charge in [-0.3, -0.25) is 14.4 Å². The third-order valence-corrected chi connectivity index (χ3v) is 7.87. The summed E-state index contributed by atoms with van der Waals surface area (Å²) in [5.41, 5.74) is 4.57. The lowest BCUT2D eigenvalue weighted by Crippen LogP contribution is -2.58. The Labute approximate surface area is 204 Å². The van der Waals surface area contributed by atoms with Crippen LogP contribution in [0.2, 0.25) is 0 Å². The van der Waals surface area contributed by atoms with Gasteiger partial charge < -0.3 is 20.5 Å². The number of nitrogens with one attached hydrogen (secondary N) is 3. The number of H-pyrrole nitrogens is 1. The number of carbonyl (C=O) groups excluding carboxylic acids is 3. The van der Waals surface area contributed by atoms with E-state index in [9.17, 15) is 14.4 Å². The smallest absolute Gasteiger partial charge is 0.255 e. The second-order valence-electron chi connectivity index (χ2n) is 10.1. The molecule has 3 amide bonds. The highest BCUT2D eigenvalue weighted by atomic mass is 16.2. The molecule has 0 spiro atoms. The SMILES string of the molecule is CC[C@H](C)[C@H](NC(=O)[C@@H]1Cc2c([nH]c3ccccc23)[C@H]2c3ccccc3C(=O)N21)C(=O)NC1CC1. The predicted molar refractivity (Wildman–Crippen MR) is 133 cm³/mol. The van der Waals surface area contributed by atoms with Gasteiger partial charge in [-0.1, -0.05) is 56.7 Å². The van der Waals surface area contributed by atoms with Crippen LogP contribution in [-0.2, 0) is 16.0 Å². The fraction of sp³-hybridized carbons (Fsp3) is 0.393. The molecule has 35 heavy (non-hydrogen) atoms. The molecule has 1 aliphatic carbocycles. The van der Waals surface area contributed by atoms with Crippen molar-refractivity contribution in [1.29, 1.82) is 0 Å². The molecule has 1 aromatic heterocycles. The molecule has 7 heteroatoms. The summed E-state index contributed by atoms with van der Waals surface area (Å²) >= 11 is 0. The largest absolute Gasteiger partial charge is 0.356 e. The molecule has 3 N–H and O–H groups in total. The molecule has 0 unspecified atom stereocenters. The Kier molecular flexibility index (Phi) is 5.16. The van der Waals surface area contributed by atoms with Gasteiger partial charge in [-0.25, -0.2) is 0 Å². The summed E-state index contributed by atoms with van der Waals surface area (Å²) in [6.45, 7) is 4.00. The normalized spacial score (nSPS) is 22.2. The monoisotopic (exact) mass is 470 g/mol. The number of benzene rings is 2. The lowest BCUT2D eigenvalue weighted by Gasteiger charge is -2.38. The summed E-state index contributed by atoms with van der Waals surface area (Å²) in [5, 5.41) is 7.16. The number of fused-ring (bicyclic) bond motifs is 7. The average molecular weight is 471 g/mol. The molecule has 2 aromatic carbocycles. The molecular weight excluding hydrogens is 440 g/mol. The van der Waals surface area contributed by atoms with Crippen LogP contribution in [0.15, 0.2) is 48.5 Å². The van der Waals surface area contributed by atoms with Crippen molar-refractivity contribution in [3.05, 3.63) is 70.9 Å². The van der Waals surface area contributed by atoms with Crippen molar-refractivity contribution in [3.8, 4) is 0 Å². The number of aromatic amines is 1. The Morgan fingerprint density at radius 3 is 2.63 bits per heavy atom. The van der Waals surface area contributed by atoms with E-state index in [0.29, 0.717) is 12.0 Å². The van der Waals surface area contributed by atoms with Gasteiger partial charge >= 0.3 is 0 Å². The molecule has 3 aliphatic rings. The van der Waals surface area contributed by atoms with Crippen molar-refractivity contribution in [2.24, 2.45) is 5.92 Å². The number of nitrogens with zero attached hydrogens (tertiary/aromatic N) is 1. The highest BCUT2D eigenvalue weighted by Gasteiger charge is 2.49. The summed E-state index contributed by atoms with van der Waals surface area (Å²) in [5.74, 6) is -0.570. The van der Waals surface area contributed by atoms with Crippen LogP contribution < -0.4 is 10.6 Å². The van der Waals surface area contributed by atoms with E-state index in [0.717, 1.165) is 47.0 Å². The minimum absolute atomic E-state index is 0.0211. The molecule has 180 valence electrons. The Bertz CT molecular complexity index is 1340. The molecule has 3 heterocycles. The van der Waals surface area contributed by atoms with E-state index >= 15 is 0 Å². The first kappa shape index (κ1) is 21.9. The molecule has 4 atom stereocenters. The minimum atomic E-state index is -0.702. The van der Waals surface area contributed by atoms with Gasteiger partial charge in [-0.15, -0.1) is 0 Å². The topological polar surface area (TPSA) is 94.3 Å². The number of hydrogen-bond acceptors (Lipinski definition) is 3. The average Bonchev–Trinajstić information content (AvgIpc) is 3.54. The van der Waals surface area contributed by atoms with Crippen LogP contribution in [0.25, 0.3) is 10.9 Å². The van der Waals surface area contributed by atoms with Crippen molar-refractivity contribution in [2.75, 3.05) is 0 Å². The Balaban J connectivity index is 1.39. The van der Waals surface area contributed by atoms with E-state index in [-0.39, 0.29) is 35.7 Å². The number of carbonyl (C=O) groups is 3. The third-order valence-electron chi connectivity index (χ3n) is 7.87. The molecule has 0 bridgehead atoms. The van der Waals surface area contributed by atoms with Gasteiger partial charge in [0.1, 0.15) is 12.1 Å². The van der Waals surface area contributed by atoms with Gasteiger partial charge in [0, 0.05) is 34.6 Å². The lowest BCUT2D eigenvalue weighted by molar-refractivity contribution is -0.133. The first-order valence-corrected chi connectivity index (χ1v) is 12.6. The van der Waals surface area contributed by atoms with E-state index in [4.69, 9.17) is 0 Å². The molecule has 0 radical (unpaired) electrons. The lowest BCUT2D eigenvalue weighted by atomic mass is 9.89. The molecule has 6 rings (SSSR count). The van der Waals surface area contributed by atoms with Crippen molar-refractivity contribution in [3.63, 3.8) is 0 Å². The molecule has 1 fully saturated rings. The minimum Gasteiger partial charge on any atom is -0.356 e. The summed E-state index contributed by atoms with van der Waals surface area (Å²) in [6.07, 6.45) is 3.14. The maximum absolute atomic E-state index is 13.8. The highest BCUT2D eigenvalue weighted by Crippen LogP contribution is 2.46. The number of hydrogen-bond donors (Lipinski definition) is 3. The van der Waals surface area contributed by atoms with E-state index < -0.39 is 12.1 Å². The summed E-state index contributed by atoms with van der Waals surface area (Å²) in [6, 6.07) is 14.2. The standard InChI is InChI=1S/C28H30N4O3/c1-3-15(2)23(27(34)29-16-12-13-16)31-26(33)22-14-20-17-8-6-7-11-21(17)30-24(20)25-18-9-4-5-10-19(18)28(35)32(22)25/h4-11,15-16,22-23,25,30H,3,12-14H2,1-2H3,(H,29,34)(H,31,33)/t15-,22-,23-,25+/m0/s1. The van der Waals surface area contributed by atoms with Gasteiger partial charge in [-0.2, -0.15) is 0 Å². The van der Waals surface area contributed by atoms with Crippen LogP contribution in [0, 0.1) is 5.92 Å². The molecule has 0 saturated heterocycles. The second kappa shape index (κ2) is 8.26. The molecule has 7 nitrogen and oxygen atoms in total. The van der Waals surface area contributed by atoms with Gasteiger partial charge in [0.15, 0.2) is 0 Å². The Hall–Kier alpha value is -3.61. The van der Waals surface area contributed by atoms with E-state index in [1.807, 2.05) is 56.3 Å². The molecule has 3 aromatic rings. The maximum atomic E-state index is 13.8. The van der Waals surface area contributed by atoms with Crippen molar-refractivity contribution in [1.82, 2.24) is 20.5 Å². The van der Waals surface area contributed by atoms with E-state index in [1.165, 1.54) is 0 Å². The van der Waals surface area contributed by atoms with Crippen LogP contribution in [0.5, 0.6) is 0 Å². The number of rotatable bonds is 6. The maximum Gasteiger partial charge on any atom is 0.255 e. The van der Waals surface area contributed by atoms with Crippen LogP contribution >= 0.6 is 0 Å². The Morgan fingerprint density at radius 2 is 1.86 bits per heavy atom. The van der Waals surface area contributed by atoms with Crippen molar-refractivity contribution in [2.45, 2.75) is 63.7 Å². The van der Waals surface area contributed by atoms with Gasteiger partial charge in [0.05, 0.1) is 6.04 Å². The summed E-state index contributed by atoms with van der Waals surface area (Å²) in [4.78, 5) is 45.7. The quantitative estimate of drug-likeness (QED) is 0.515. The van der Waals surface area contributed by atoms with Crippen molar-refractivity contribution < 1.29 is 14.4 Å². The van der Waals surface area contributed by atoms with Gasteiger partial charge in [0.25, 0.3) is 5.91 Å². The van der Waals surface area contributed by atoms with Gasteiger partial charge in [0.2, 0.25) is 11.8 Å². The van der Waals surface area contributed by atoms with Crippen LogP contribution in [0.1, 0.15) is 66.3 Å². The summed E-state index contributed by atoms with van der Waals surface area (Å²) in [7, 11) is 0. The zero-order valence-electron chi connectivity index (χ0n) is 20.0. The zero-order chi connectivity index (χ0) is 24.3. The van der Waals surface area contributed by atoms with E-state index in [2.05, 4.69) is 21.7 Å². The second-order valence-corrected chi connectivity index (χ2v) is 10.1. The fourth-order valence-electron chi connectivity index (χ4n) is 5.61. The van der Waals surface area contributed by atoms with Crippen LogP contribution in [0.3, 0.4) is 0 Å². The number of para-hydroxylation sites is 1. The highest BCUT2D eigenvalue weighted by molar-refractivity contribution is 6.04. The molecule has 2 aliphatic heterocycles. The summed E-state index contributed by atoms with van der Waals surface area (Å²) < 4.78 is 0. The van der Waals surface area contributed by atoms with Gasteiger partial charge in [-0.05, 0) is 42.0 Å². The third kappa shape index (κ3) is 3.52. The fourth-order valence-corrected chi connectivity index (χ4v) is 5.61. The van der Waals surface area contributed by atoms with Crippen LogP contribution in [-0.4, -0.2) is 45.7 Å². The van der Waals surface area contributed by atoms with E-state index in [1.54, 1.807) is 4.90 Å².